The van der Waals surface area contributed by atoms with Gasteiger partial charge >= 0.3 is 0 Å². The smallest absolute Gasteiger partial charge is 0.269 e. The van der Waals surface area contributed by atoms with Gasteiger partial charge in [-0.2, -0.15) is 0 Å². The molecule has 0 unspecified atom stereocenters. The number of nitrogens with one attached hydrogen (secondary N) is 3. The largest absolute Gasteiger partial charge is 0.497 e. The van der Waals surface area contributed by atoms with Crippen LogP contribution in [0.1, 0.15) is 15.9 Å². The number of ether oxygens (including phenoxy) is 1. The standard InChI is InChI=1S/C18H17N3O3S/c1-24-15-10-8-14(9-11-15)17(23)20-21-18(25)19-16(22)12-7-13-5-3-2-4-6-13/h2-12H,1H3,(H,20,23)(H2,19,21,22,25)/b12-7+. The third kappa shape index (κ3) is 6.08. The molecule has 0 aliphatic heterocycles. The summed E-state index contributed by atoms with van der Waals surface area (Å²) in [5.74, 6) is -0.142. The maximum Gasteiger partial charge on any atom is 0.269 e. The molecular formula is C18H17N3O3S. The zero-order valence-electron chi connectivity index (χ0n) is 13.5. The van der Waals surface area contributed by atoms with Crippen molar-refractivity contribution in [1.29, 1.82) is 0 Å². The Morgan fingerprint density at radius 1 is 1.00 bits per heavy atom. The van der Waals surface area contributed by atoms with Crippen LogP contribution in [0, 0.1) is 0 Å². The highest BCUT2D eigenvalue weighted by Crippen LogP contribution is 2.10. The van der Waals surface area contributed by atoms with Crippen molar-refractivity contribution in [3.05, 3.63) is 71.8 Å². The number of hydrazine groups is 1. The summed E-state index contributed by atoms with van der Waals surface area (Å²) in [7, 11) is 1.55. The Bertz CT molecular complexity index is 774. The number of thiocarbonyl (C=S) groups is 1. The van der Waals surface area contributed by atoms with E-state index in [1.165, 1.54) is 6.08 Å². The molecule has 128 valence electrons. The SMILES string of the molecule is COc1ccc(C(=O)NNC(=S)NC(=O)/C=C/c2ccccc2)cc1. The van der Waals surface area contributed by atoms with E-state index in [-0.39, 0.29) is 11.0 Å². The monoisotopic (exact) mass is 355 g/mol. The maximum absolute atomic E-state index is 11.9. The van der Waals surface area contributed by atoms with E-state index in [0.717, 1.165) is 5.56 Å². The van der Waals surface area contributed by atoms with Gasteiger partial charge in [0.2, 0.25) is 5.91 Å². The summed E-state index contributed by atoms with van der Waals surface area (Å²) in [5, 5.41) is 2.43. The van der Waals surface area contributed by atoms with Gasteiger partial charge < -0.3 is 4.74 Å². The molecule has 0 aliphatic rings. The van der Waals surface area contributed by atoms with E-state index in [1.54, 1.807) is 37.5 Å². The fraction of sp³-hybridized carbons (Fsp3) is 0.0556. The van der Waals surface area contributed by atoms with Crippen molar-refractivity contribution >= 4 is 35.2 Å². The Balaban J connectivity index is 1.78. The Morgan fingerprint density at radius 3 is 2.32 bits per heavy atom. The topological polar surface area (TPSA) is 79.5 Å². The third-order valence-corrected chi connectivity index (χ3v) is 3.31. The van der Waals surface area contributed by atoms with E-state index in [4.69, 9.17) is 17.0 Å². The van der Waals surface area contributed by atoms with E-state index in [0.29, 0.717) is 11.3 Å². The van der Waals surface area contributed by atoms with Gasteiger partial charge in [-0.05, 0) is 48.1 Å². The van der Waals surface area contributed by atoms with Crippen LogP contribution in [0.2, 0.25) is 0 Å². The van der Waals surface area contributed by atoms with E-state index < -0.39 is 5.91 Å². The number of carbonyl (C=O) groups is 2. The average molecular weight is 355 g/mol. The van der Waals surface area contributed by atoms with Crippen molar-refractivity contribution in [2.45, 2.75) is 0 Å². The molecule has 2 aromatic rings. The predicted octanol–water partition coefficient (Wildman–Crippen LogP) is 2.04. The molecule has 3 N–H and O–H groups in total. The van der Waals surface area contributed by atoms with E-state index in [9.17, 15) is 9.59 Å². The van der Waals surface area contributed by atoms with E-state index in [1.807, 2.05) is 30.3 Å². The molecule has 25 heavy (non-hydrogen) atoms. The van der Waals surface area contributed by atoms with Crippen molar-refractivity contribution in [2.75, 3.05) is 7.11 Å². The third-order valence-electron chi connectivity index (χ3n) is 3.11. The highest BCUT2D eigenvalue weighted by atomic mass is 32.1. The zero-order valence-corrected chi connectivity index (χ0v) is 14.3. The molecule has 2 amide bonds. The first kappa shape index (κ1) is 18.2. The lowest BCUT2D eigenvalue weighted by atomic mass is 10.2. The first-order chi connectivity index (χ1) is 12.1. The molecule has 6 nitrogen and oxygen atoms in total. The second kappa shape index (κ2) is 9.19. The molecule has 7 heteroatoms. The van der Waals surface area contributed by atoms with Crippen LogP contribution in [0.15, 0.2) is 60.7 Å². The highest BCUT2D eigenvalue weighted by molar-refractivity contribution is 7.80. The van der Waals surface area contributed by atoms with Crippen LogP contribution in [-0.2, 0) is 4.79 Å². The zero-order chi connectivity index (χ0) is 18.1. The number of hydrogen-bond acceptors (Lipinski definition) is 4. The molecule has 0 radical (unpaired) electrons. The van der Waals surface area contributed by atoms with Crippen LogP contribution in [0.4, 0.5) is 0 Å². The number of hydrogen-bond donors (Lipinski definition) is 3. The summed E-state index contributed by atoms with van der Waals surface area (Å²) in [4.78, 5) is 23.7. The molecule has 0 atom stereocenters. The predicted molar refractivity (Wildman–Crippen MR) is 99.8 cm³/mol. The molecule has 0 aromatic heterocycles. The van der Waals surface area contributed by atoms with Gasteiger partial charge in [-0.15, -0.1) is 0 Å². The Hall–Kier alpha value is -3.19. The van der Waals surface area contributed by atoms with Gasteiger partial charge in [0.1, 0.15) is 5.75 Å². The van der Waals surface area contributed by atoms with Gasteiger partial charge in [0.05, 0.1) is 7.11 Å². The summed E-state index contributed by atoms with van der Waals surface area (Å²) >= 11 is 4.96. The van der Waals surface area contributed by atoms with Gasteiger partial charge in [0, 0.05) is 11.6 Å². The van der Waals surface area contributed by atoms with Gasteiger partial charge in [-0.3, -0.25) is 25.8 Å². The van der Waals surface area contributed by atoms with Crippen LogP contribution < -0.4 is 20.9 Å². The quantitative estimate of drug-likeness (QED) is 0.444. The summed E-state index contributed by atoms with van der Waals surface area (Å²) in [6.07, 6.45) is 3.02. The van der Waals surface area contributed by atoms with Gasteiger partial charge in [0.15, 0.2) is 5.11 Å². The lowest BCUT2D eigenvalue weighted by molar-refractivity contribution is -0.115. The van der Waals surface area contributed by atoms with Crippen molar-refractivity contribution in [3.8, 4) is 5.75 Å². The maximum atomic E-state index is 11.9. The van der Waals surface area contributed by atoms with Crippen LogP contribution in [0.25, 0.3) is 6.08 Å². The first-order valence-electron chi connectivity index (χ1n) is 7.37. The van der Waals surface area contributed by atoms with Crippen molar-refractivity contribution < 1.29 is 14.3 Å². The van der Waals surface area contributed by atoms with E-state index >= 15 is 0 Å². The lowest BCUT2D eigenvalue weighted by Crippen LogP contribution is -2.48. The molecule has 0 aliphatic carbocycles. The summed E-state index contributed by atoms with van der Waals surface area (Å²) in [6.45, 7) is 0. The Labute approximate surface area is 150 Å². The minimum atomic E-state index is -0.403. The van der Waals surface area contributed by atoms with Gasteiger partial charge in [-0.1, -0.05) is 30.3 Å². The fourth-order valence-electron chi connectivity index (χ4n) is 1.85. The molecule has 2 aromatic carbocycles. The Kier molecular flexibility index (Phi) is 6.67. The number of amides is 2. The normalized spacial score (nSPS) is 10.1. The van der Waals surface area contributed by atoms with Crippen LogP contribution in [-0.4, -0.2) is 24.0 Å². The highest BCUT2D eigenvalue weighted by Gasteiger charge is 2.06. The fourth-order valence-corrected chi connectivity index (χ4v) is 2.00. The number of rotatable bonds is 4. The van der Waals surface area contributed by atoms with E-state index in [2.05, 4.69) is 16.2 Å². The molecular weight excluding hydrogens is 338 g/mol. The minimum Gasteiger partial charge on any atom is -0.497 e. The number of benzene rings is 2. The second-order valence-electron chi connectivity index (χ2n) is 4.87. The van der Waals surface area contributed by atoms with Crippen molar-refractivity contribution in [2.24, 2.45) is 0 Å². The number of carbonyl (C=O) groups excluding carboxylic acids is 2. The molecule has 0 fully saturated rings. The number of methoxy groups -OCH3 is 1. The van der Waals surface area contributed by atoms with Crippen LogP contribution >= 0.6 is 12.2 Å². The summed E-state index contributed by atoms with van der Waals surface area (Å²) in [5.41, 5.74) is 6.19. The van der Waals surface area contributed by atoms with Gasteiger partial charge in [-0.25, -0.2) is 0 Å². The molecule has 0 spiro atoms. The van der Waals surface area contributed by atoms with Crippen LogP contribution in [0.5, 0.6) is 5.75 Å². The molecule has 0 saturated heterocycles. The Morgan fingerprint density at radius 2 is 1.68 bits per heavy atom. The minimum absolute atomic E-state index is 0.00965. The summed E-state index contributed by atoms with van der Waals surface area (Å²) < 4.78 is 5.02. The average Bonchev–Trinajstić information content (AvgIpc) is 2.65. The second-order valence-corrected chi connectivity index (χ2v) is 5.28. The first-order valence-corrected chi connectivity index (χ1v) is 7.78. The summed E-state index contributed by atoms with van der Waals surface area (Å²) in [6, 6.07) is 15.9. The molecule has 0 heterocycles. The van der Waals surface area contributed by atoms with Crippen LogP contribution in [0.3, 0.4) is 0 Å². The van der Waals surface area contributed by atoms with Gasteiger partial charge in [0.25, 0.3) is 5.91 Å². The molecule has 0 saturated carbocycles. The van der Waals surface area contributed by atoms with Crippen molar-refractivity contribution in [1.82, 2.24) is 16.2 Å². The molecule has 2 rings (SSSR count). The molecule has 0 bridgehead atoms. The lowest BCUT2D eigenvalue weighted by Gasteiger charge is -2.10. The van der Waals surface area contributed by atoms with Crippen molar-refractivity contribution in [3.63, 3.8) is 0 Å².